The van der Waals surface area contributed by atoms with Crippen LogP contribution in [0.25, 0.3) is 5.69 Å². The Labute approximate surface area is 159 Å². The summed E-state index contributed by atoms with van der Waals surface area (Å²) in [5.74, 6) is 0.856. The lowest BCUT2D eigenvalue weighted by Crippen LogP contribution is -2.35. The van der Waals surface area contributed by atoms with E-state index in [9.17, 15) is 0 Å². The molecule has 140 valence electrons. The Kier molecular flexibility index (Phi) is 5.23. The minimum Gasteiger partial charge on any atom is -0.489 e. The highest BCUT2D eigenvalue weighted by molar-refractivity contribution is 5.36. The van der Waals surface area contributed by atoms with Crippen molar-refractivity contribution in [3.05, 3.63) is 78.4 Å². The van der Waals surface area contributed by atoms with Crippen LogP contribution in [0.5, 0.6) is 5.75 Å². The van der Waals surface area contributed by atoms with E-state index in [-0.39, 0.29) is 5.60 Å². The van der Waals surface area contributed by atoms with Crippen molar-refractivity contribution < 1.29 is 14.2 Å². The van der Waals surface area contributed by atoms with E-state index in [4.69, 9.17) is 14.2 Å². The van der Waals surface area contributed by atoms with Gasteiger partial charge in [-0.15, -0.1) is 0 Å². The van der Waals surface area contributed by atoms with E-state index in [0.29, 0.717) is 6.61 Å². The molecule has 0 aliphatic carbocycles. The van der Waals surface area contributed by atoms with Gasteiger partial charge in [-0.2, -0.15) is 0 Å². The number of rotatable bonds is 6. The van der Waals surface area contributed by atoms with E-state index >= 15 is 0 Å². The Morgan fingerprint density at radius 1 is 1.11 bits per heavy atom. The van der Waals surface area contributed by atoms with Gasteiger partial charge in [0.05, 0.1) is 11.9 Å². The molecule has 5 nitrogen and oxygen atoms in total. The van der Waals surface area contributed by atoms with Crippen LogP contribution in [0.4, 0.5) is 0 Å². The van der Waals surface area contributed by atoms with E-state index in [1.165, 1.54) is 0 Å². The summed E-state index contributed by atoms with van der Waals surface area (Å²) >= 11 is 0. The number of methoxy groups -OCH3 is 1. The van der Waals surface area contributed by atoms with Crippen molar-refractivity contribution >= 4 is 0 Å². The number of hydrogen-bond acceptors (Lipinski definition) is 4. The third kappa shape index (κ3) is 3.89. The summed E-state index contributed by atoms with van der Waals surface area (Å²) < 4.78 is 19.4. The summed E-state index contributed by atoms with van der Waals surface area (Å²) in [6.07, 6.45) is 7.22. The Bertz CT molecular complexity index is 854. The summed E-state index contributed by atoms with van der Waals surface area (Å²) in [6, 6.07) is 16.5. The summed E-state index contributed by atoms with van der Waals surface area (Å²) in [5, 5.41) is 0. The molecule has 0 spiro atoms. The number of imidazole rings is 1. The second kappa shape index (κ2) is 7.94. The molecule has 3 aromatic rings. The zero-order valence-corrected chi connectivity index (χ0v) is 15.5. The Morgan fingerprint density at radius 2 is 1.93 bits per heavy atom. The van der Waals surface area contributed by atoms with E-state index < -0.39 is 0 Å². The Morgan fingerprint density at radius 3 is 2.63 bits per heavy atom. The second-order valence-electron chi connectivity index (χ2n) is 6.76. The number of ether oxygens (including phenoxy) is 3. The smallest absolute Gasteiger partial charge is 0.120 e. The fraction of sp³-hybridized carbons (Fsp3) is 0.318. The molecular formula is C22H24N2O3. The largest absolute Gasteiger partial charge is 0.489 e. The van der Waals surface area contributed by atoms with E-state index in [1.54, 1.807) is 19.6 Å². The second-order valence-corrected chi connectivity index (χ2v) is 6.76. The SMILES string of the molecule is COC1(c2cccc(OCc3ccc(-n4ccnc4)cc3)c2)CCOCC1. The fourth-order valence-corrected chi connectivity index (χ4v) is 3.52. The maximum atomic E-state index is 6.04. The summed E-state index contributed by atoms with van der Waals surface area (Å²) in [5.41, 5.74) is 3.09. The standard InChI is InChI=1S/C22H24N2O3/c1-25-22(9-13-26-14-10-22)19-3-2-4-21(15-19)27-16-18-5-7-20(8-6-18)24-12-11-23-17-24/h2-8,11-12,15,17H,9-10,13-14,16H2,1H3. The highest BCUT2D eigenvalue weighted by atomic mass is 16.5. The third-order valence-corrected chi connectivity index (χ3v) is 5.20. The van der Waals surface area contributed by atoms with Gasteiger partial charge >= 0.3 is 0 Å². The number of nitrogens with zero attached hydrogens (tertiary/aromatic N) is 2. The van der Waals surface area contributed by atoms with Crippen LogP contribution < -0.4 is 4.74 Å². The molecule has 1 aliphatic rings. The van der Waals surface area contributed by atoms with Crippen LogP contribution in [-0.2, 0) is 21.7 Å². The zero-order valence-electron chi connectivity index (χ0n) is 15.5. The van der Waals surface area contributed by atoms with Crippen molar-refractivity contribution in [2.75, 3.05) is 20.3 Å². The zero-order chi connectivity index (χ0) is 18.5. The van der Waals surface area contributed by atoms with Crippen LogP contribution in [0.2, 0.25) is 0 Å². The first-order valence-corrected chi connectivity index (χ1v) is 9.23. The van der Waals surface area contributed by atoms with E-state index in [1.807, 2.05) is 22.9 Å². The van der Waals surface area contributed by atoms with Gasteiger partial charge in [0.1, 0.15) is 12.4 Å². The van der Waals surface area contributed by atoms with Gasteiger partial charge in [-0.1, -0.05) is 24.3 Å². The summed E-state index contributed by atoms with van der Waals surface area (Å²) in [6.45, 7) is 1.97. The van der Waals surface area contributed by atoms with Crippen LogP contribution in [-0.4, -0.2) is 29.9 Å². The maximum absolute atomic E-state index is 6.04. The van der Waals surface area contributed by atoms with Gasteiger partial charge in [-0.25, -0.2) is 4.98 Å². The van der Waals surface area contributed by atoms with Gasteiger partial charge in [0.15, 0.2) is 0 Å². The predicted octanol–water partition coefficient (Wildman–Crippen LogP) is 4.10. The average Bonchev–Trinajstić information content (AvgIpc) is 3.28. The van der Waals surface area contributed by atoms with Gasteiger partial charge in [0.2, 0.25) is 0 Å². The van der Waals surface area contributed by atoms with Crippen molar-refractivity contribution in [1.29, 1.82) is 0 Å². The third-order valence-electron chi connectivity index (χ3n) is 5.20. The highest BCUT2D eigenvalue weighted by Crippen LogP contribution is 2.36. The van der Waals surface area contributed by atoms with Crippen molar-refractivity contribution in [2.24, 2.45) is 0 Å². The molecular weight excluding hydrogens is 340 g/mol. The van der Waals surface area contributed by atoms with E-state index in [2.05, 4.69) is 41.4 Å². The molecule has 0 radical (unpaired) electrons. The first-order valence-electron chi connectivity index (χ1n) is 9.23. The molecule has 0 unspecified atom stereocenters. The molecule has 4 rings (SSSR count). The van der Waals surface area contributed by atoms with Gasteiger partial charge < -0.3 is 18.8 Å². The van der Waals surface area contributed by atoms with Gasteiger partial charge in [-0.05, 0) is 35.4 Å². The first-order chi connectivity index (χ1) is 13.3. The fourth-order valence-electron chi connectivity index (χ4n) is 3.52. The molecule has 0 bridgehead atoms. The van der Waals surface area contributed by atoms with Crippen LogP contribution in [0.1, 0.15) is 24.0 Å². The molecule has 2 aromatic carbocycles. The Balaban J connectivity index is 1.44. The van der Waals surface area contributed by atoms with Gasteiger partial charge in [-0.3, -0.25) is 0 Å². The Hall–Kier alpha value is -2.63. The minimum absolute atomic E-state index is 0.274. The van der Waals surface area contributed by atoms with Crippen molar-refractivity contribution in [3.8, 4) is 11.4 Å². The van der Waals surface area contributed by atoms with Crippen LogP contribution in [0.15, 0.2) is 67.3 Å². The van der Waals surface area contributed by atoms with Crippen LogP contribution in [0, 0.1) is 0 Å². The van der Waals surface area contributed by atoms with E-state index in [0.717, 1.165) is 48.6 Å². The summed E-state index contributed by atoms with van der Waals surface area (Å²) in [4.78, 5) is 4.08. The van der Waals surface area contributed by atoms with Crippen LogP contribution in [0.3, 0.4) is 0 Å². The molecule has 0 saturated carbocycles. The summed E-state index contributed by atoms with van der Waals surface area (Å²) in [7, 11) is 1.78. The number of aromatic nitrogens is 2. The molecule has 27 heavy (non-hydrogen) atoms. The van der Waals surface area contributed by atoms with Crippen LogP contribution >= 0.6 is 0 Å². The molecule has 0 atom stereocenters. The van der Waals surface area contributed by atoms with Crippen molar-refractivity contribution in [3.63, 3.8) is 0 Å². The quantitative estimate of drug-likeness (QED) is 0.660. The number of benzene rings is 2. The molecule has 0 amide bonds. The predicted molar refractivity (Wildman–Crippen MR) is 103 cm³/mol. The number of hydrogen-bond donors (Lipinski definition) is 0. The van der Waals surface area contributed by atoms with Crippen molar-refractivity contribution in [2.45, 2.75) is 25.0 Å². The molecule has 1 fully saturated rings. The lowest BCUT2D eigenvalue weighted by molar-refractivity contribution is -0.0948. The molecule has 1 saturated heterocycles. The average molecular weight is 364 g/mol. The van der Waals surface area contributed by atoms with Gasteiger partial charge in [0, 0.05) is 51.2 Å². The molecule has 2 heterocycles. The lowest BCUT2D eigenvalue weighted by Gasteiger charge is -2.36. The highest BCUT2D eigenvalue weighted by Gasteiger charge is 2.34. The monoisotopic (exact) mass is 364 g/mol. The first kappa shape index (κ1) is 17.8. The molecule has 0 N–H and O–H groups in total. The molecule has 5 heteroatoms. The van der Waals surface area contributed by atoms with Gasteiger partial charge in [0.25, 0.3) is 0 Å². The van der Waals surface area contributed by atoms with Crippen molar-refractivity contribution in [1.82, 2.24) is 9.55 Å². The maximum Gasteiger partial charge on any atom is 0.120 e. The topological polar surface area (TPSA) is 45.5 Å². The normalized spacial score (nSPS) is 16.2. The molecule has 1 aliphatic heterocycles. The minimum atomic E-state index is -0.274. The molecule has 1 aromatic heterocycles. The lowest BCUT2D eigenvalue weighted by atomic mass is 9.86.